The number of ether oxygens (including phenoxy) is 1. The minimum Gasteiger partial charge on any atom is -0.496 e. The van der Waals surface area contributed by atoms with Crippen molar-refractivity contribution in [2.24, 2.45) is 0 Å². The molecule has 0 atom stereocenters. The second-order valence-electron chi connectivity index (χ2n) is 4.98. The maximum Gasteiger partial charge on any atom is 0.419 e. The van der Waals surface area contributed by atoms with Crippen LogP contribution in [0.1, 0.15) is 43.2 Å². The van der Waals surface area contributed by atoms with Gasteiger partial charge in [-0.1, -0.05) is 31.4 Å². The van der Waals surface area contributed by atoms with Gasteiger partial charge in [0, 0.05) is 5.56 Å². The van der Waals surface area contributed by atoms with E-state index < -0.39 is 17.3 Å². The summed E-state index contributed by atoms with van der Waals surface area (Å²) in [5.74, 6) is -0.251. The molecule has 1 saturated carbocycles. The molecule has 1 aliphatic carbocycles. The van der Waals surface area contributed by atoms with Crippen molar-refractivity contribution in [3.63, 3.8) is 0 Å². The lowest BCUT2D eigenvalue weighted by Gasteiger charge is -2.34. The molecular formula is C14H17F3O2. The fraction of sp³-hybridized carbons (Fsp3) is 0.571. The van der Waals surface area contributed by atoms with Crippen molar-refractivity contribution in [2.75, 3.05) is 7.11 Å². The molecule has 0 saturated heterocycles. The fourth-order valence-electron chi connectivity index (χ4n) is 2.75. The number of aliphatic hydroxyl groups is 1. The number of rotatable bonds is 2. The molecule has 1 N–H and O–H groups in total. The smallest absolute Gasteiger partial charge is 0.419 e. The van der Waals surface area contributed by atoms with E-state index in [1.54, 1.807) is 0 Å². The maximum atomic E-state index is 12.9. The highest BCUT2D eigenvalue weighted by Gasteiger charge is 2.40. The van der Waals surface area contributed by atoms with Gasteiger partial charge in [0.1, 0.15) is 5.75 Å². The number of hydrogen-bond acceptors (Lipinski definition) is 2. The SMILES string of the molecule is COc1c(C(F)(F)F)cccc1C1(O)CCCCC1. The summed E-state index contributed by atoms with van der Waals surface area (Å²) in [6, 6.07) is 3.83. The van der Waals surface area contributed by atoms with Gasteiger partial charge in [0.2, 0.25) is 0 Å². The van der Waals surface area contributed by atoms with Gasteiger partial charge in [0.05, 0.1) is 18.3 Å². The molecule has 0 aliphatic heterocycles. The fourth-order valence-corrected chi connectivity index (χ4v) is 2.75. The summed E-state index contributed by atoms with van der Waals surface area (Å²) in [6.45, 7) is 0. The van der Waals surface area contributed by atoms with Crippen LogP contribution in [0.3, 0.4) is 0 Å². The molecule has 0 heterocycles. The van der Waals surface area contributed by atoms with E-state index in [4.69, 9.17) is 4.74 Å². The Bertz CT molecular complexity index is 448. The first-order valence-corrected chi connectivity index (χ1v) is 6.35. The van der Waals surface area contributed by atoms with E-state index in [-0.39, 0.29) is 11.3 Å². The molecule has 5 heteroatoms. The summed E-state index contributed by atoms with van der Waals surface area (Å²) in [6.07, 6.45) is -0.892. The summed E-state index contributed by atoms with van der Waals surface area (Å²) in [5, 5.41) is 10.6. The van der Waals surface area contributed by atoms with Gasteiger partial charge in [-0.2, -0.15) is 13.2 Å². The van der Waals surface area contributed by atoms with Crippen LogP contribution in [-0.4, -0.2) is 12.2 Å². The van der Waals surface area contributed by atoms with Crippen LogP contribution in [0.25, 0.3) is 0 Å². The van der Waals surface area contributed by atoms with Gasteiger partial charge in [-0.05, 0) is 18.9 Å². The number of methoxy groups -OCH3 is 1. The van der Waals surface area contributed by atoms with E-state index >= 15 is 0 Å². The lowest BCUT2D eigenvalue weighted by Crippen LogP contribution is -2.29. The summed E-state index contributed by atoms with van der Waals surface area (Å²) >= 11 is 0. The molecule has 1 aromatic carbocycles. The van der Waals surface area contributed by atoms with Crippen molar-refractivity contribution in [1.82, 2.24) is 0 Å². The highest BCUT2D eigenvalue weighted by atomic mass is 19.4. The molecule has 1 aromatic rings. The Labute approximate surface area is 110 Å². The Balaban J connectivity index is 2.51. The molecule has 1 fully saturated rings. The maximum absolute atomic E-state index is 12.9. The second-order valence-corrected chi connectivity index (χ2v) is 4.98. The lowest BCUT2D eigenvalue weighted by molar-refractivity contribution is -0.139. The molecule has 0 bridgehead atoms. The van der Waals surface area contributed by atoms with Crippen molar-refractivity contribution in [2.45, 2.75) is 43.9 Å². The molecule has 19 heavy (non-hydrogen) atoms. The van der Waals surface area contributed by atoms with Crippen molar-refractivity contribution >= 4 is 0 Å². The molecule has 0 amide bonds. The van der Waals surface area contributed by atoms with Crippen LogP contribution in [0.5, 0.6) is 5.75 Å². The topological polar surface area (TPSA) is 29.5 Å². The average molecular weight is 274 g/mol. The third kappa shape index (κ3) is 2.71. The number of hydrogen-bond donors (Lipinski definition) is 1. The third-order valence-electron chi connectivity index (χ3n) is 3.71. The molecule has 1 aliphatic rings. The van der Waals surface area contributed by atoms with E-state index in [1.165, 1.54) is 19.2 Å². The van der Waals surface area contributed by atoms with Gasteiger partial charge >= 0.3 is 6.18 Å². The van der Waals surface area contributed by atoms with Crippen LogP contribution in [0.4, 0.5) is 13.2 Å². The first kappa shape index (κ1) is 14.2. The van der Waals surface area contributed by atoms with Crippen molar-refractivity contribution in [3.05, 3.63) is 29.3 Å². The van der Waals surface area contributed by atoms with Crippen molar-refractivity contribution in [1.29, 1.82) is 0 Å². The zero-order valence-electron chi connectivity index (χ0n) is 10.8. The first-order chi connectivity index (χ1) is 8.88. The summed E-state index contributed by atoms with van der Waals surface area (Å²) in [4.78, 5) is 0. The van der Waals surface area contributed by atoms with Crippen molar-refractivity contribution < 1.29 is 23.0 Å². The Hall–Kier alpha value is -1.23. The Morgan fingerprint density at radius 1 is 1.16 bits per heavy atom. The molecule has 106 valence electrons. The number of benzene rings is 1. The van der Waals surface area contributed by atoms with Crippen LogP contribution in [0.15, 0.2) is 18.2 Å². The number of para-hydroxylation sites is 1. The van der Waals surface area contributed by atoms with Crippen LogP contribution in [0.2, 0.25) is 0 Å². The normalized spacial score (nSPS) is 19.2. The van der Waals surface area contributed by atoms with Gasteiger partial charge in [-0.25, -0.2) is 0 Å². The molecule has 0 aromatic heterocycles. The van der Waals surface area contributed by atoms with Crippen LogP contribution >= 0.6 is 0 Å². The van der Waals surface area contributed by atoms with Gasteiger partial charge in [0.15, 0.2) is 0 Å². The van der Waals surface area contributed by atoms with Gasteiger partial charge in [-0.3, -0.25) is 0 Å². The molecule has 2 rings (SSSR count). The standard InChI is InChI=1S/C14H17F3O2/c1-19-12-10(13(18)8-3-2-4-9-13)6-5-7-11(12)14(15,16)17/h5-7,18H,2-4,8-9H2,1H3. The summed E-state index contributed by atoms with van der Waals surface area (Å²) in [7, 11) is 1.21. The summed E-state index contributed by atoms with van der Waals surface area (Å²) in [5.41, 5.74) is -1.78. The Morgan fingerprint density at radius 2 is 1.79 bits per heavy atom. The monoisotopic (exact) mass is 274 g/mol. The number of alkyl halides is 3. The predicted molar refractivity (Wildman–Crippen MR) is 65.0 cm³/mol. The first-order valence-electron chi connectivity index (χ1n) is 6.35. The predicted octanol–water partition coefficient (Wildman–Crippen LogP) is 3.87. The molecule has 2 nitrogen and oxygen atoms in total. The molecule has 0 spiro atoms. The quantitative estimate of drug-likeness (QED) is 0.887. The highest BCUT2D eigenvalue weighted by Crippen LogP contribution is 2.45. The van der Waals surface area contributed by atoms with E-state index in [1.807, 2.05) is 0 Å². The average Bonchev–Trinajstić information content (AvgIpc) is 2.37. The number of halogens is 3. The van der Waals surface area contributed by atoms with Crippen LogP contribution < -0.4 is 4.74 Å². The third-order valence-corrected chi connectivity index (χ3v) is 3.71. The molecule has 0 radical (unpaired) electrons. The van der Waals surface area contributed by atoms with Crippen LogP contribution in [-0.2, 0) is 11.8 Å². The van der Waals surface area contributed by atoms with E-state index in [0.29, 0.717) is 12.8 Å². The minimum absolute atomic E-state index is 0.251. The van der Waals surface area contributed by atoms with Crippen molar-refractivity contribution in [3.8, 4) is 5.75 Å². The molecular weight excluding hydrogens is 257 g/mol. The Kier molecular flexibility index (Phi) is 3.76. The van der Waals surface area contributed by atoms with E-state index in [2.05, 4.69) is 0 Å². The van der Waals surface area contributed by atoms with Crippen LogP contribution in [0, 0.1) is 0 Å². The molecule has 0 unspecified atom stereocenters. The largest absolute Gasteiger partial charge is 0.496 e. The highest BCUT2D eigenvalue weighted by molar-refractivity contribution is 5.46. The minimum atomic E-state index is -4.48. The van der Waals surface area contributed by atoms with Gasteiger partial charge in [-0.15, -0.1) is 0 Å². The van der Waals surface area contributed by atoms with Gasteiger partial charge in [0.25, 0.3) is 0 Å². The van der Waals surface area contributed by atoms with Gasteiger partial charge < -0.3 is 9.84 Å². The Morgan fingerprint density at radius 3 is 2.32 bits per heavy atom. The second kappa shape index (κ2) is 5.04. The summed E-state index contributed by atoms with van der Waals surface area (Å²) < 4.78 is 43.8. The zero-order chi connectivity index (χ0) is 14.1. The zero-order valence-corrected chi connectivity index (χ0v) is 10.8. The van der Waals surface area contributed by atoms with E-state index in [0.717, 1.165) is 25.3 Å². The van der Waals surface area contributed by atoms with E-state index in [9.17, 15) is 18.3 Å². The lowest BCUT2D eigenvalue weighted by atomic mass is 9.79.